The van der Waals surface area contributed by atoms with E-state index in [1.54, 1.807) is 13.0 Å². The van der Waals surface area contributed by atoms with Crippen LogP contribution in [-0.2, 0) is 11.2 Å². The molecule has 0 amide bonds. The lowest BCUT2D eigenvalue weighted by Crippen LogP contribution is -2.10. The van der Waals surface area contributed by atoms with Crippen molar-refractivity contribution in [2.75, 3.05) is 0 Å². The average molecular weight is 262 g/mol. The fourth-order valence-electron chi connectivity index (χ4n) is 1.56. The lowest BCUT2D eigenvalue weighted by Gasteiger charge is -2.10. The number of carboxylic acids is 1. The summed E-state index contributed by atoms with van der Waals surface area (Å²) >= 11 is 0. The molecule has 0 unspecified atom stereocenters. The first kappa shape index (κ1) is 15.0. The van der Waals surface area contributed by atoms with Crippen molar-refractivity contribution in [3.63, 3.8) is 0 Å². The van der Waals surface area contributed by atoms with E-state index in [1.807, 2.05) is 6.92 Å². The summed E-state index contributed by atoms with van der Waals surface area (Å²) in [5.74, 6) is -1.08. The predicted molar refractivity (Wildman–Crippen MR) is 72.5 cm³/mol. The number of carbonyl (C=O) groups is 2. The molecular formula is C15H18O4. The van der Waals surface area contributed by atoms with Crippen LogP contribution >= 0.6 is 0 Å². The van der Waals surface area contributed by atoms with E-state index in [1.165, 1.54) is 12.1 Å². The molecule has 0 saturated carbocycles. The molecule has 0 heterocycles. The van der Waals surface area contributed by atoms with Crippen molar-refractivity contribution in [1.82, 2.24) is 0 Å². The van der Waals surface area contributed by atoms with Gasteiger partial charge in [0.15, 0.2) is 0 Å². The molecule has 4 heteroatoms. The Morgan fingerprint density at radius 2 is 2.05 bits per heavy atom. The number of hydrogen-bond donors (Lipinski definition) is 1. The molecule has 4 nitrogen and oxygen atoms in total. The van der Waals surface area contributed by atoms with Crippen LogP contribution in [0.25, 0.3) is 0 Å². The van der Waals surface area contributed by atoms with Gasteiger partial charge < -0.3 is 9.84 Å². The number of hydrogen-bond acceptors (Lipinski definition) is 3. The molecule has 19 heavy (non-hydrogen) atoms. The summed E-state index contributed by atoms with van der Waals surface area (Å²) in [7, 11) is 0. The first-order valence-corrected chi connectivity index (χ1v) is 6.19. The van der Waals surface area contributed by atoms with Crippen LogP contribution < -0.4 is 4.74 Å². The van der Waals surface area contributed by atoms with Crippen LogP contribution in [0.3, 0.4) is 0 Å². The number of unbranched alkanes of at least 4 members (excludes halogenated alkanes) is 1. The molecule has 1 N–H and O–H groups in total. The van der Waals surface area contributed by atoms with E-state index in [0.29, 0.717) is 17.7 Å². The van der Waals surface area contributed by atoms with E-state index in [9.17, 15) is 9.59 Å². The van der Waals surface area contributed by atoms with Crippen LogP contribution in [0.2, 0.25) is 0 Å². The fourth-order valence-corrected chi connectivity index (χ4v) is 1.56. The van der Waals surface area contributed by atoms with Crippen molar-refractivity contribution in [3.8, 4) is 5.75 Å². The zero-order chi connectivity index (χ0) is 14.4. The van der Waals surface area contributed by atoms with Crippen LogP contribution in [-0.4, -0.2) is 17.0 Å². The second-order valence-electron chi connectivity index (χ2n) is 4.40. The number of esters is 1. The maximum absolute atomic E-state index is 11.5. The molecule has 0 aliphatic heterocycles. The number of aryl methyl sites for hydroxylation is 1. The molecule has 1 aromatic rings. The average Bonchev–Trinajstić information content (AvgIpc) is 2.37. The van der Waals surface area contributed by atoms with Gasteiger partial charge in [0, 0.05) is 5.57 Å². The van der Waals surface area contributed by atoms with Crippen LogP contribution in [0, 0.1) is 0 Å². The number of rotatable bonds is 6. The highest BCUT2D eigenvalue weighted by atomic mass is 16.5. The Kier molecular flexibility index (Phi) is 5.30. The molecule has 0 aliphatic rings. The van der Waals surface area contributed by atoms with E-state index >= 15 is 0 Å². The second kappa shape index (κ2) is 6.73. The number of aromatic carboxylic acids is 1. The van der Waals surface area contributed by atoms with Crippen molar-refractivity contribution in [3.05, 3.63) is 41.5 Å². The van der Waals surface area contributed by atoms with Crippen molar-refractivity contribution >= 4 is 11.9 Å². The predicted octanol–water partition coefficient (Wildman–Crippen LogP) is 3.21. The summed E-state index contributed by atoms with van der Waals surface area (Å²) in [6, 6.07) is 4.51. The van der Waals surface area contributed by atoms with Crippen molar-refractivity contribution in [1.29, 1.82) is 0 Å². The van der Waals surface area contributed by atoms with E-state index in [-0.39, 0.29) is 5.56 Å². The minimum atomic E-state index is -0.990. The monoisotopic (exact) mass is 262 g/mol. The van der Waals surface area contributed by atoms with Gasteiger partial charge in [0.05, 0.1) is 5.56 Å². The van der Waals surface area contributed by atoms with E-state index in [0.717, 1.165) is 18.4 Å². The third-order valence-electron chi connectivity index (χ3n) is 2.66. The lowest BCUT2D eigenvalue weighted by atomic mass is 10.0. The van der Waals surface area contributed by atoms with Gasteiger partial charge >= 0.3 is 11.9 Å². The van der Waals surface area contributed by atoms with Gasteiger partial charge in [0.25, 0.3) is 0 Å². The number of benzene rings is 1. The van der Waals surface area contributed by atoms with E-state index in [4.69, 9.17) is 9.84 Å². The molecular weight excluding hydrogens is 244 g/mol. The van der Waals surface area contributed by atoms with E-state index < -0.39 is 11.9 Å². The maximum atomic E-state index is 11.5. The maximum Gasteiger partial charge on any atom is 0.338 e. The third-order valence-corrected chi connectivity index (χ3v) is 2.66. The van der Waals surface area contributed by atoms with Crippen molar-refractivity contribution < 1.29 is 19.4 Å². The van der Waals surface area contributed by atoms with Gasteiger partial charge in [-0.15, -0.1) is 0 Å². The molecule has 0 spiro atoms. The normalized spacial score (nSPS) is 10.0. The summed E-state index contributed by atoms with van der Waals surface area (Å²) in [6.45, 7) is 7.13. The van der Waals surface area contributed by atoms with E-state index in [2.05, 4.69) is 6.58 Å². The minimum absolute atomic E-state index is 0.196. The molecule has 0 bridgehead atoms. The quantitative estimate of drug-likeness (QED) is 0.485. The standard InChI is InChI=1S/C15H18O4/c1-4-5-6-11-9-12(14(16)17)7-8-13(11)19-15(18)10(2)3/h7-9H,2,4-6H2,1,3H3,(H,16,17). The van der Waals surface area contributed by atoms with Crippen LogP contribution in [0.4, 0.5) is 0 Å². The topological polar surface area (TPSA) is 63.6 Å². The van der Waals surface area contributed by atoms with Gasteiger partial charge in [-0.25, -0.2) is 9.59 Å². The zero-order valence-electron chi connectivity index (χ0n) is 11.2. The Hall–Kier alpha value is -2.10. The van der Waals surface area contributed by atoms with Gasteiger partial charge in [0.1, 0.15) is 5.75 Å². The Balaban J connectivity index is 3.04. The Labute approximate surface area is 112 Å². The second-order valence-corrected chi connectivity index (χ2v) is 4.40. The van der Waals surface area contributed by atoms with Crippen LogP contribution in [0.5, 0.6) is 5.75 Å². The Bertz CT molecular complexity index is 503. The van der Waals surface area contributed by atoms with Crippen LogP contribution in [0.1, 0.15) is 42.6 Å². The van der Waals surface area contributed by atoms with Gasteiger partial charge in [0.2, 0.25) is 0 Å². The summed E-state index contributed by atoms with van der Waals surface area (Å²) in [5, 5.41) is 8.97. The van der Waals surface area contributed by atoms with Gasteiger partial charge in [-0.2, -0.15) is 0 Å². The van der Waals surface area contributed by atoms with Gasteiger partial charge in [-0.05, 0) is 43.5 Å². The van der Waals surface area contributed by atoms with Gasteiger partial charge in [-0.1, -0.05) is 19.9 Å². The molecule has 1 aromatic carbocycles. The molecule has 0 saturated heterocycles. The molecule has 1 rings (SSSR count). The number of carboxylic acid groups (broad SMARTS) is 1. The highest BCUT2D eigenvalue weighted by Crippen LogP contribution is 2.23. The van der Waals surface area contributed by atoms with Crippen molar-refractivity contribution in [2.45, 2.75) is 33.1 Å². The SMILES string of the molecule is C=C(C)C(=O)Oc1ccc(C(=O)O)cc1CCCC. The molecule has 0 aromatic heterocycles. The van der Waals surface area contributed by atoms with Crippen molar-refractivity contribution in [2.24, 2.45) is 0 Å². The molecule has 102 valence electrons. The fraction of sp³-hybridized carbons (Fsp3) is 0.333. The minimum Gasteiger partial charge on any atom is -0.478 e. The molecule has 0 aliphatic carbocycles. The Morgan fingerprint density at radius 3 is 2.58 bits per heavy atom. The highest BCUT2D eigenvalue weighted by molar-refractivity contribution is 5.90. The number of carbonyl (C=O) groups excluding carboxylic acids is 1. The van der Waals surface area contributed by atoms with Crippen LogP contribution in [0.15, 0.2) is 30.4 Å². The summed E-state index contributed by atoms with van der Waals surface area (Å²) < 4.78 is 5.21. The molecule has 0 radical (unpaired) electrons. The third kappa shape index (κ3) is 4.25. The largest absolute Gasteiger partial charge is 0.478 e. The summed E-state index contributed by atoms with van der Waals surface area (Å²) in [5.41, 5.74) is 1.24. The first-order valence-electron chi connectivity index (χ1n) is 6.19. The molecule has 0 atom stereocenters. The first-order chi connectivity index (χ1) is 8.95. The zero-order valence-corrected chi connectivity index (χ0v) is 11.2. The molecule has 0 fully saturated rings. The number of ether oxygens (including phenoxy) is 1. The summed E-state index contributed by atoms with van der Waals surface area (Å²) in [4.78, 5) is 22.5. The Morgan fingerprint density at radius 1 is 1.37 bits per heavy atom. The van der Waals surface area contributed by atoms with Gasteiger partial charge in [-0.3, -0.25) is 0 Å². The highest BCUT2D eigenvalue weighted by Gasteiger charge is 2.12. The smallest absolute Gasteiger partial charge is 0.338 e. The summed E-state index contributed by atoms with van der Waals surface area (Å²) in [6.07, 6.45) is 2.56. The lowest BCUT2D eigenvalue weighted by molar-refractivity contribution is -0.130.